The summed E-state index contributed by atoms with van der Waals surface area (Å²) in [6, 6.07) is 2.10. The van der Waals surface area contributed by atoms with Crippen LogP contribution in [-0.4, -0.2) is 64.4 Å². The highest BCUT2D eigenvalue weighted by atomic mass is 32.2. The number of hydrogen-bond acceptors (Lipinski definition) is 7. The van der Waals surface area contributed by atoms with Crippen molar-refractivity contribution >= 4 is 46.1 Å². The number of rotatable bonds is 6. The van der Waals surface area contributed by atoms with E-state index in [2.05, 4.69) is 36.8 Å². The quantitative estimate of drug-likeness (QED) is 0.464. The van der Waals surface area contributed by atoms with E-state index in [9.17, 15) is 14.9 Å². The van der Waals surface area contributed by atoms with Crippen LogP contribution in [0.1, 0.15) is 43.9 Å². The molecule has 0 aromatic carbocycles. The number of anilines is 1. The Balaban J connectivity index is 2.20. The van der Waals surface area contributed by atoms with E-state index in [0.717, 1.165) is 44.0 Å². The van der Waals surface area contributed by atoms with Crippen LogP contribution in [-0.2, 0) is 11.3 Å². The molecule has 3 heterocycles. The Labute approximate surface area is 199 Å². The van der Waals surface area contributed by atoms with Gasteiger partial charge in [0.15, 0.2) is 0 Å². The number of aromatic nitrogens is 1. The molecule has 1 aromatic heterocycles. The summed E-state index contributed by atoms with van der Waals surface area (Å²) in [6.07, 6.45) is 2.61. The molecule has 0 N–H and O–H groups in total. The van der Waals surface area contributed by atoms with Crippen LogP contribution in [0.5, 0.6) is 0 Å². The van der Waals surface area contributed by atoms with Crippen molar-refractivity contribution in [1.82, 2.24) is 14.4 Å². The van der Waals surface area contributed by atoms with Gasteiger partial charge in [0.05, 0.1) is 4.91 Å². The van der Waals surface area contributed by atoms with E-state index in [1.54, 1.807) is 16.4 Å². The van der Waals surface area contributed by atoms with Gasteiger partial charge in [-0.3, -0.25) is 19.1 Å². The van der Waals surface area contributed by atoms with Crippen molar-refractivity contribution in [1.29, 1.82) is 5.26 Å². The third kappa shape index (κ3) is 4.77. The SMILES string of the molecule is CCCn1c(N2CCN(C)CC2)c(/C=C2/SC(=S)N(CC(C)C)C2=O)c(C)c(C#N)c1=O. The Morgan fingerprint density at radius 2 is 1.88 bits per heavy atom. The maximum absolute atomic E-state index is 13.2. The fourth-order valence-electron chi connectivity index (χ4n) is 4.09. The lowest BCUT2D eigenvalue weighted by Gasteiger charge is -2.36. The Hall–Kier alpha value is -2.15. The van der Waals surface area contributed by atoms with E-state index in [-0.39, 0.29) is 17.0 Å². The minimum absolute atomic E-state index is 0.107. The van der Waals surface area contributed by atoms with Crippen molar-refractivity contribution < 1.29 is 4.79 Å². The van der Waals surface area contributed by atoms with Crippen LogP contribution in [0.25, 0.3) is 6.08 Å². The zero-order valence-corrected chi connectivity index (χ0v) is 21.1. The van der Waals surface area contributed by atoms with E-state index < -0.39 is 0 Å². The first kappa shape index (κ1) is 24.5. The Morgan fingerprint density at radius 1 is 1.22 bits per heavy atom. The van der Waals surface area contributed by atoms with Crippen molar-refractivity contribution in [3.8, 4) is 6.07 Å². The lowest BCUT2D eigenvalue weighted by molar-refractivity contribution is -0.122. The first-order valence-corrected chi connectivity index (χ1v) is 12.3. The predicted molar refractivity (Wildman–Crippen MR) is 135 cm³/mol. The van der Waals surface area contributed by atoms with Crippen LogP contribution in [0.15, 0.2) is 9.70 Å². The monoisotopic (exact) mass is 473 g/mol. The molecule has 7 nitrogen and oxygen atoms in total. The Morgan fingerprint density at radius 3 is 2.44 bits per heavy atom. The molecule has 0 unspecified atom stereocenters. The number of nitriles is 1. The number of amides is 1. The standard InChI is InChI=1S/C23H31N5O2S2/c1-6-7-27-20(26-10-8-25(5)9-11-26)17(16(4)18(13-24)21(27)29)12-19-22(30)28(14-15(2)3)23(31)32-19/h12,15H,6-11,14H2,1-5H3/b19-12+. The normalized spacial score (nSPS) is 18.8. The van der Waals surface area contributed by atoms with Crippen LogP contribution in [0, 0.1) is 24.2 Å². The van der Waals surface area contributed by atoms with Gasteiger partial charge in [0.25, 0.3) is 11.5 Å². The minimum atomic E-state index is -0.259. The van der Waals surface area contributed by atoms with Crippen LogP contribution in [0.2, 0.25) is 0 Å². The molecule has 3 rings (SSSR count). The summed E-state index contributed by atoms with van der Waals surface area (Å²) in [4.78, 5) is 33.0. The van der Waals surface area contributed by atoms with Gasteiger partial charge in [0, 0.05) is 44.8 Å². The molecule has 172 valence electrons. The molecule has 2 aliphatic rings. The molecule has 0 radical (unpaired) electrons. The molecule has 2 aliphatic heterocycles. The van der Waals surface area contributed by atoms with Crippen molar-refractivity contribution in [2.75, 3.05) is 44.7 Å². The maximum Gasteiger partial charge on any atom is 0.270 e. The molecule has 1 amide bonds. The second-order valence-electron chi connectivity index (χ2n) is 8.78. The molecule has 0 saturated carbocycles. The number of piperazine rings is 1. The Bertz CT molecular complexity index is 1050. The average molecular weight is 474 g/mol. The van der Waals surface area contributed by atoms with Crippen LogP contribution in [0.4, 0.5) is 5.82 Å². The molecular weight excluding hydrogens is 442 g/mol. The van der Waals surface area contributed by atoms with Crippen molar-refractivity contribution in [3.05, 3.63) is 31.9 Å². The van der Waals surface area contributed by atoms with Crippen molar-refractivity contribution in [2.24, 2.45) is 5.92 Å². The van der Waals surface area contributed by atoms with Gasteiger partial charge < -0.3 is 9.80 Å². The first-order valence-electron chi connectivity index (χ1n) is 11.1. The first-order chi connectivity index (χ1) is 15.2. The van der Waals surface area contributed by atoms with E-state index in [4.69, 9.17) is 12.2 Å². The van der Waals surface area contributed by atoms with Crippen LogP contribution < -0.4 is 10.5 Å². The second kappa shape index (κ2) is 10.2. The highest BCUT2D eigenvalue weighted by Crippen LogP contribution is 2.36. The van der Waals surface area contributed by atoms with Crippen LogP contribution >= 0.6 is 24.0 Å². The number of carbonyl (C=O) groups is 1. The van der Waals surface area contributed by atoms with E-state index in [1.807, 2.05) is 13.0 Å². The molecule has 9 heteroatoms. The predicted octanol–water partition coefficient (Wildman–Crippen LogP) is 3.05. The van der Waals surface area contributed by atoms with E-state index in [0.29, 0.717) is 33.8 Å². The van der Waals surface area contributed by atoms with Gasteiger partial charge in [-0.05, 0) is 37.9 Å². The van der Waals surface area contributed by atoms with Gasteiger partial charge in [0.1, 0.15) is 21.8 Å². The molecular formula is C23H31N5O2S2. The summed E-state index contributed by atoms with van der Waals surface area (Å²) in [5, 5.41) is 9.74. The molecule has 32 heavy (non-hydrogen) atoms. The lowest BCUT2D eigenvalue weighted by Crippen LogP contribution is -2.47. The fraction of sp³-hybridized carbons (Fsp3) is 0.565. The summed E-state index contributed by atoms with van der Waals surface area (Å²) >= 11 is 6.77. The van der Waals surface area contributed by atoms with Gasteiger partial charge in [-0.15, -0.1) is 0 Å². The largest absolute Gasteiger partial charge is 0.355 e. The summed E-state index contributed by atoms with van der Waals surface area (Å²) in [7, 11) is 2.08. The fourth-order valence-corrected chi connectivity index (χ4v) is 5.34. The number of likely N-dealkylation sites (N-methyl/N-ethyl adjacent to an activating group) is 1. The van der Waals surface area contributed by atoms with Crippen molar-refractivity contribution in [2.45, 2.75) is 40.7 Å². The topological polar surface area (TPSA) is 72.6 Å². The minimum Gasteiger partial charge on any atom is -0.355 e. The third-order valence-corrected chi connectivity index (χ3v) is 7.17. The molecule has 0 atom stereocenters. The average Bonchev–Trinajstić information content (AvgIpc) is 3.00. The van der Waals surface area contributed by atoms with Gasteiger partial charge in [-0.1, -0.05) is 44.8 Å². The number of thioether (sulfide) groups is 1. The molecule has 0 spiro atoms. The summed E-state index contributed by atoms with van der Waals surface area (Å²) < 4.78 is 2.27. The third-order valence-electron chi connectivity index (χ3n) is 5.79. The lowest BCUT2D eigenvalue weighted by atomic mass is 10.0. The number of carbonyl (C=O) groups excluding carboxylic acids is 1. The summed E-state index contributed by atoms with van der Waals surface area (Å²) in [5.74, 6) is 0.996. The number of hydrogen-bond donors (Lipinski definition) is 0. The maximum atomic E-state index is 13.2. The van der Waals surface area contributed by atoms with E-state index in [1.165, 1.54) is 11.8 Å². The summed E-state index contributed by atoms with van der Waals surface area (Å²) in [6.45, 7) is 12.3. The van der Waals surface area contributed by atoms with Crippen LogP contribution in [0.3, 0.4) is 0 Å². The number of pyridine rings is 1. The Kier molecular flexibility index (Phi) is 7.80. The molecule has 0 aliphatic carbocycles. The number of nitrogens with zero attached hydrogens (tertiary/aromatic N) is 5. The van der Waals surface area contributed by atoms with Gasteiger partial charge >= 0.3 is 0 Å². The molecule has 0 bridgehead atoms. The van der Waals surface area contributed by atoms with Crippen molar-refractivity contribution in [3.63, 3.8) is 0 Å². The molecule has 1 aromatic rings. The summed E-state index contributed by atoms with van der Waals surface area (Å²) in [5.41, 5.74) is 1.27. The smallest absolute Gasteiger partial charge is 0.270 e. The zero-order valence-electron chi connectivity index (χ0n) is 19.5. The molecule has 2 fully saturated rings. The highest BCUT2D eigenvalue weighted by molar-refractivity contribution is 8.26. The second-order valence-corrected chi connectivity index (χ2v) is 10.5. The van der Waals surface area contributed by atoms with Gasteiger partial charge in [-0.25, -0.2) is 0 Å². The number of thiocarbonyl (C=S) groups is 1. The molecule has 2 saturated heterocycles. The zero-order chi connectivity index (χ0) is 23.6. The van der Waals surface area contributed by atoms with E-state index >= 15 is 0 Å². The van der Waals surface area contributed by atoms with Gasteiger partial charge in [0.2, 0.25) is 0 Å². The van der Waals surface area contributed by atoms with Gasteiger partial charge in [-0.2, -0.15) is 5.26 Å². The highest BCUT2D eigenvalue weighted by Gasteiger charge is 2.33.